The second-order valence-electron chi connectivity index (χ2n) is 9.42. The molecule has 1 saturated carbocycles. The highest BCUT2D eigenvalue weighted by molar-refractivity contribution is 5.99. The molecule has 0 spiro atoms. The van der Waals surface area contributed by atoms with Gasteiger partial charge in [0.15, 0.2) is 0 Å². The fraction of sp³-hybridized carbons (Fsp3) is 0.423. The number of hydrogen-bond acceptors (Lipinski definition) is 4. The predicted octanol–water partition coefficient (Wildman–Crippen LogP) is 4.66. The number of amides is 4. The lowest BCUT2D eigenvalue weighted by Crippen LogP contribution is -2.44. The lowest BCUT2D eigenvalue weighted by Gasteiger charge is -2.38. The fourth-order valence-corrected chi connectivity index (χ4v) is 4.71. The van der Waals surface area contributed by atoms with Crippen molar-refractivity contribution in [2.24, 2.45) is 5.92 Å². The molecule has 0 aromatic heterocycles. The highest BCUT2D eigenvalue weighted by Crippen LogP contribution is 2.35. The molecule has 4 amide bonds. The molecule has 186 valence electrons. The van der Waals surface area contributed by atoms with E-state index in [-0.39, 0.29) is 23.6 Å². The van der Waals surface area contributed by atoms with Gasteiger partial charge in [-0.3, -0.25) is 4.79 Å². The first kappa shape index (κ1) is 24.5. The van der Waals surface area contributed by atoms with Crippen molar-refractivity contribution < 1.29 is 23.5 Å². The van der Waals surface area contributed by atoms with E-state index in [1.807, 2.05) is 19.1 Å². The number of urea groups is 1. The Balaban J connectivity index is 1.31. The predicted molar refractivity (Wildman–Crippen MR) is 131 cm³/mol. The molecule has 2 aromatic rings. The van der Waals surface area contributed by atoms with Gasteiger partial charge < -0.3 is 25.6 Å². The highest BCUT2D eigenvalue weighted by Gasteiger charge is 2.38. The number of hydrogen-bond donors (Lipinski definition) is 3. The van der Waals surface area contributed by atoms with Crippen LogP contribution in [0.4, 0.5) is 25.4 Å². The van der Waals surface area contributed by atoms with Crippen LogP contribution in [0.1, 0.15) is 43.7 Å². The van der Waals surface area contributed by atoms with Gasteiger partial charge >= 0.3 is 12.1 Å². The van der Waals surface area contributed by atoms with Gasteiger partial charge in [0.1, 0.15) is 11.4 Å². The van der Waals surface area contributed by atoms with Gasteiger partial charge in [0, 0.05) is 31.7 Å². The topological polar surface area (TPSA) is 99.8 Å². The number of fused-ring (bicyclic) bond motifs is 1. The van der Waals surface area contributed by atoms with E-state index in [1.54, 1.807) is 30.1 Å². The van der Waals surface area contributed by atoms with Crippen LogP contribution in [0.25, 0.3) is 0 Å². The largest absolute Gasteiger partial charge is 0.443 e. The molecule has 0 atom stereocenters. The number of nitrogens with one attached hydrogen (secondary N) is 3. The van der Waals surface area contributed by atoms with Crippen LogP contribution in [-0.2, 0) is 22.5 Å². The van der Waals surface area contributed by atoms with Crippen LogP contribution in [-0.4, -0.2) is 42.1 Å². The number of anilines is 2. The summed E-state index contributed by atoms with van der Waals surface area (Å²) in [6.07, 6.45) is 3.00. The van der Waals surface area contributed by atoms with Crippen LogP contribution in [0.2, 0.25) is 0 Å². The van der Waals surface area contributed by atoms with E-state index >= 15 is 0 Å². The quantitative estimate of drug-likeness (QED) is 0.590. The molecule has 2 aromatic carbocycles. The Morgan fingerprint density at radius 2 is 1.80 bits per heavy atom. The summed E-state index contributed by atoms with van der Waals surface area (Å²) in [7, 11) is 1.64. The molecule has 4 rings (SSSR count). The second kappa shape index (κ2) is 10.3. The molecule has 1 aliphatic heterocycles. The van der Waals surface area contributed by atoms with E-state index in [0.29, 0.717) is 50.9 Å². The third-order valence-electron chi connectivity index (χ3n) is 6.85. The van der Waals surface area contributed by atoms with Gasteiger partial charge in [0.2, 0.25) is 5.91 Å². The summed E-state index contributed by atoms with van der Waals surface area (Å²) in [5.41, 5.74) is 2.15. The van der Waals surface area contributed by atoms with Crippen molar-refractivity contribution in [3.63, 3.8) is 0 Å². The van der Waals surface area contributed by atoms with E-state index in [2.05, 4.69) is 16.0 Å². The van der Waals surface area contributed by atoms with Crippen LogP contribution in [0.3, 0.4) is 0 Å². The molecule has 35 heavy (non-hydrogen) atoms. The number of rotatable bonds is 4. The Labute approximate surface area is 204 Å². The van der Waals surface area contributed by atoms with Crippen molar-refractivity contribution in [2.75, 3.05) is 24.2 Å². The van der Waals surface area contributed by atoms with Crippen LogP contribution in [0.5, 0.6) is 0 Å². The molecule has 3 N–H and O–H groups in total. The Morgan fingerprint density at radius 3 is 2.51 bits per heavy atom. The Kier molecular flexibility index (Phi) is 7.23. The van der Waals surface area contributed by atoms with Gasteiger partial charge in [0.25, 0.3) is 0 Å². The molecule has 2 aliphatic rings. The van der Waals surface area contributed by atoms with E-state index in [0.717, 1.165) is 11.1 Å². The third kappa shape index (κ3) is 5.90. The molecular weight excluding hydrogens is 451 g/mol. The first-order chi connectivity index (χ1) is 16.8. The normalized spacial score (nSPS) is 21.5. The maximum Gasteiger partial charge on any atom is 0.410 e. The summed E-state index contributed by atoms with van der Waals surface area (Å²) in [6.45, 7) is 2.87. The van der Waals surface area contributed by atoms with Gasteiger partial charge in [-0.1, -0.05) is 18.2 Å². The summed E-state index contributed by atoms with van der Waals surface area (Å²) in [5, 5.41) is 7.92. The van der Waals surface area contributed by atoms with Gasteiger partial charge in [-0.25, -0.2) is 14.0 Å². The minimum absolute atomic E-state index is 0.0229. The van der Waals surface area contributed by atoms with Gasteiger partial charge in [-0.15, -0.1) is 0 Å². The Morgan fingerprint density at radius 1 is 1.06 bits per heavy atom. The van der Waals surface area contributed by atoms with Crippen molar-refractivity contribution >= 4 is 29.4 Å². The third-order valence-corrected chi connectivity index (χ3v) is 6.85. The van der Waals surface area contributed by atoms with E-state index in [9.17, 15) is 18.8 Å². The number of ether oxygens (including phenoxy) is 1. The second-order valence-corrected chi connectivity index (χ2v) is 9.42. The lowest BCUT2D eigenvalue weighted by molar-refractivity contribution is -0.127. The number of halogens is 1. The van der Waals surface area contributed by atoms with Crippen LogP contribution in [0, 0.1) is 11.7 Å². The number of nitrogens with zero attached hydrogens (tertiary/aromatic N) is 1. The highest BCUT2D eigenvalue weighted by atomic mass is 19.1. The van der Waals surface area contributed by atoms with Crippen molar-refractivity contribution in [1.82, 2.24) is 10.2 Å². The van der Waals surface area contributed by atoms with Gasteiger partial charge in [-0.05, 0) is 74.4 Å². The number of benzene rings is 2. The van der Waals surface area contributed by atoms with E-state index in [1.165, 1.54) is 12.1 Å². The van der Waals surface area contributed by atoms with Crippen LogP contribution < -0.4 is 16.0 Å². The number of carbonyl (C=O) groups is 3. The average Bonchev–Trinajstić information content (AvgIpc) is 2.85. The number of carbonyl (C=O) groups excluding carboxylic acids is 3. The van der Waals surface area contributed by atoms with Crippen molar-refractivity contribution in [2.45, 2.75) is 51.2 Å². The summed E-state index contributed by atoms with van der Waals surface area (Å²) in [5.74, 6) is -0.483. The zero-order valence-corrected chi connectivity index (χ0v) is 20.0. The monoisotopic (exact) mass is 482 g/mol. The van der Waals surface area contributed by atoms with Crippen molar-refractivity contribution in [3.8, 4) is 0 Å². The molecule has 9 heteroatoms. The minimum Gasteiger partial charge on any atom is -0.443 e. The van der Waals surface area contributed by atoms with Crippen molar-refractivity contribution in [1.29, 1.82) is 0 Å². The first-order valence-electron chi connectivity index (χ1n) is 11.9. The summed E-state index contributed by atoms with van der Waals surface area (Å²) >= 11 is 0. The SMILES string of the molecule is CNC(=O)C1CCC(C)(OC(=O)N2CCc3cc(NC(=O)Nc4ccccc4F)ccc3C2)CC1. The Bertz CT molecular complexity index is 1110. The lowest BCUT2D eigenvalue weighted by atomic mass is 9.79. The summed E-state index contributed by atoms with van der Waals surface area (Å²) in [6, 6.07) is 10.9. The zero-order chi connectivity index (χ0) is 25.0. The molecule has 1 fully saturated rings. The molecular formula is C26H31FN4O4. The molecule has 0 radical (unpaired) electrons. The Hall–Kier alpha value is -3.62. The molecule has 0 bridgehead atoms. The summed E-state index contributed by atoms with van der Waals surface area (Å²) < 4.78 is 19.6. The molecule has 0 unspecified atom stereocenters. The maximum atomic E-state index is 13.8. The number of para-hydroxylation sites is 1. The summed E-state index contributed by atoms with van der Waals surface area (Å²) in [4.78, 5) is 38.7. The minimum atomic E-state index is -0.568. The maximum absolute atomic E-state index is 13.8. The molecule has 0 saturated heterocycles. The van der Waals surface area contributed by atoms with Crippen molar-refractivity contribution in [3.05, 3.63) is 59.4 Å². The smallest absolute Gasteiger partial charge is 0.410 e. The van der Waals surface area contributed by atoms with Crippen LogP contribution in [0.15, 0.2) is 42.5 Å². The van der Waals surface area contributed by atoms with Gasteiger partial charge in [0.05, 0.1) is 5.69 Å². The van der Waals surface area contributed by atoms with Gasteiger partial charge in [-0.2, -0.15) is 0 Å². The first-order valence-corrected chi connectivity index (χ1v) is 11.9. The standard InChI is InChI=1S/C26H31FN4O4/c1-26(12-9-17(10-13-26)23(32)28-2)35-25(34)31-14-11-18-15-20(8-7-19(18)16-31)29-24(33)30-22-6-4-3-5-21(22)27/h3-8,15,17H,9-14,16H2,1-2H3,(H,28,32)(H2,29,30,33). The molecule has 1 aliphatic carbocycles. The molecule has 8 nitrogen and oxygen atoms in total. The van der Waals surface area contributed by atoms with E-state index < -0.39 is 17.4 Å². The van der Waals surface area contributed by atoms with Crippen LogP contribution >= 0.6 is 0 Å². The fourth-order valence-electron chi connectivity index (χ4n) is 4.71. The zero-order valence-electron chi connectivity index (χ0n) is 20.0. The average molecular weight is 483 g/mol. The van der Waals surface area contributed by atoms with E-state index in [4.69, 9.17) is 4.74 Å². The molecule has 1 heterocycles.